The lowest BCUT2D eigenvalue weighted by atomic mass is 10.1. The van der Waals surface area contributed by atoms with Crippen LogP contribution in [0.5, 0.6) is 11.5 Å². The summed E-state index contributed by atoms with van der Waals surface area (Å²) < 4.78 is 10.9. The number of para-hydroxylation sites is 1. The molecule has 1 aromatic carbocycles. The Labute approximate surface area is 143 Å². The summed E-state index contributed by atoms with van der Waals surface area (Å²) in [4.78, 5) is 4.88. The normalized spacial score (nSPS) is 15.6. The van der Waals surface area contributed by atoms with E-state index in [-0.39, 0.29) is 0 Å². The van der Waals surface area contributed by atoms with E-state index in [1.807, 2.05) is 12.1 Å². The van der Waals surface area contributed by atoms with Gasteiger partial charge in [0.25, 0.3) is 0 Å². The lowest BCUT2D eigenvalue weighted by Crippen LogP contribution is -2.46. The topological polar surface area (TPSA) is 53.6 Å². The van der Waals surface area contributed by atoms with E-state index in [2.05, 4.69) is 39.9 Å². The van der Waals surface area contributed by atoms with E-state index < -0.39 is 0 Å². The summed E-state index contributed by atoms with van der Waals surface area (Å²) in [6.07, 6.45) is 0. The monoisotopic (exact) mass is 330 g/mol. The van der Waals surface area contributed by atoms with E-state index in [1.54, 1.807) is 14.2 Å². The Bertz CT molecular complexity index is 671. The van der Waals surface area contributed by atoms with Crippen molar-refractivity contribution in [1.82, 2.24) is 15.1 Å². The lowest BCUT2D eigenvalue weighted by Gasteiger charge is -2.36. The molecule has 0 atom stereocenters. The first-order valence-electron chi connectivity index (χ1n) is 8.32. The minimum atomic E-state index is 0.790. The van der Waals surface area contributed by atoms with Gasteiger partial charge in [0.1, 0.15) is 0 Å². The third-order valence-electron chi connectivity index (χ3n) is 4.66. The van der Waals surface area contributed by atoms with Gasteiger partial charge in [-0.3, -0.25) is 10.00 Å². The molecule has 0 aliphatic carbocycles. The second kappa shape index (κ2) is 7.13. The van der Waals surface area contributed by atoms with Crippen molar-refractivity contribution >= 4 is 5.69 Å². The first-order valence-corrected chi connectivity index (χ1v) is 8.32. The molecule has 3 rings (SSSR count). The van der Waals surface area contributed by atoms with Crippen LogP contribution in [0.4, 0.5) is 5.69 Å². The second-order valence-corrected chi connectivity index (χ2v) is 6.20. The summed E-state index contributed by atoms with van der Waals surface area (Å²) in [6.45, 7) is 9.07. The molecule has 1 aliphatic rings. The van der Waals surface area contributed by atoms with E-state index in [9.17, 15) is 0 Å². The summed E-state index contributed by atoms with van der Waals surface area (Å²) in [6, 6.07) is 6.06. The maximum Gasteiger partial charge on any atom is 0.165 e. The van der Waals surface area contributed by atoms with Crippen molar-refractivity contribution in [3.63, 3.8) is 0 Å². The first kappa shape index (κ1) is 16.6. The molecule has 24 heavy (non-hydrogen) atoms. The van der Waals surface area contributed by atoms with Gasteiger partial charge in [-0.05, 0) is 19.9 Å². The molecule has 2 aromatic rings. The molecule has 1 saturated heterocycles. The van der Waals surface area contributed by atoms with Crippen molar-refractivity contribution in [3.8, 4) is 11.5 Å². The number of aromatic amines is 1. The molecular weight excluding hydrogens is 304 g/mol. The highest BCUT2D eigenvalue weighted by molar-refractivity contribution is 5.54. The van der Waals surface area contributed by atoms with Crippen molar-refractivity contribution in [2.75, 3.05) is 45.3 Å². The fourth-order valence-corrected chi connectivity index (χ4v) is 3.46. The Morgan fingerprint density at radius 2 is 1.83 bits per heavy atom. The van der Waals surface area contributed by atoms with Crippen LogP contribution in [0.1, 0.15) is 17.0 Å². The largest absolute Gasteiger partial charge is 0.493 e. The number of benzene rings is 1. The summed E-state index contributed by atoms with van der Waals surface area (Å²) in [5, 5.41) is 7.39. The Morgan fingerprint density at radius 1 is 1.08 bits per heavy atom. The van der Waals surface area contributed by atoms with Crippen molar-refractivity contribution < 1.29 is 9.47 Å². The molecule has 2 heterocycles. The predicted molar refractivity (Wildman–Crippen MR) is 95.1 cm³/mol. The number of anilines is 1. The third kappa shape index (κ3) is 3.19. The predicted octanol–water partition coefficient (Wildman–Crippen LogP) is 2.37. The zero-order valence-corrected chi connectivity index (χ0v) is 14.9. The average Bonchev–Trinajstić information content (AvgIpc) is 2.94. The van der Waals surface area contributed by atoms with Crippen LogP contribution in [0, 0.1) is 13.8 Å². The number of aryl methyl sites for hydroxylation is 2. The highest BCUT2D eigenvalue weighted by Crippen LogP contribution is 2.32. The molecule has 1 aromatic heterocycles. The van der Waals surface area contributed by atoms with Gasteiger partial charge >= 0.3 is 0 Å². The molecule has 0 bridgehead atoms. The van der Waals surface area contributed by atoms with Crippen LogP contribution in [-0.4, -0.2) is 55.5 Å². The third-order valence-corrected chi connectivity index (χ3v) is 4.66. The highest BCUT2D eigenvalue weighted by Gasteiger charge is 2.22. The Balaban J connectivity index is 1.66. The number of ether oxygens (including phenoxy) is 2. The second-order valence-electron chi connectivity index (χ2n) is 6.20. The van der Waals surface area contributed by atoms with E-state index >= 15 is 0 Å². The van der Waals surface area contributed by atoms with Gasteiger partial charge in [0, 0.05) is 38.3 Å². The fraction of sp³-hybridized carbons (Fsp3) is 0.500. The zero-order valence-electron chi connectivity index (χ0n) is 14.9. The molecule has 1 fully saturated rings. The van der Waals surface area contributed by atoms with Crippen molar-refractivity contribution in [1.29, 1.82) is 0 Å². The summed E-state index contributed by atoms with van der Waals surface area (Å²) in [7, 11) is 3.37. The van der Waals surface area contributed by atoms with Crippen LogP contribution in [0.3, 0.4) is 0 Å². The van der Waals surface area contributed by atoms with Gasteiger partial charge < -0.3 is 14.4 Å². The number of hydrogen-bond donors (Lipinski definition) is 1. The van der Waals surface area contributed by atoms with Gasteiger partial charge in [-0.15, -0.1) is 0 Å². The quantitative estimate of drug-likeness (QED) is 0.912. The minimum absolute atomic E-state index is 0.790. The van der Waals surface area contributed by atoms with Crippen LogP contribution >= 0.6 is 0 Å². The van der Waals surface area contributed by atoms with Gasteiger partial charge in [0.05, 0.1) is 31.3 Å². The number of nitrogens with one attached hydrogen (secondary N) is 1. The number of H-pyrrole nitrogens is 1. The van der Waals surface area contributed by atoms with E-state index in [1.165, 1.54) is 11.3 Å². The summed E-state index contributed by atoms with van der Waals surface area (Å²) >= 11 is 0. The molecule has 6 nitrogen and oxygen atoms in total. The summed E-state index contributed by atoms with van der Waals surface area (Å²) in [5.41, 5.74) is 4.65. The number of hydrogen-bond acceptors (Lipinski definition) is 5. The van der Waals surface area contributed by atoms with Gasteiger partial charge in [-0.1, -0.05) is 12.1 Å². The van der Waals surface area contributed by atoms with Crippen LogP contribution in [0.2, 0.25) is 0 Å². The molecule has 0 radical (unpaired) electrons. The smallest absolute Gasteiger partial charge is 0.165 e. The Morgan fingerprint density at radius 3 is 2.42 bits per heavy atom. The van der Waals surface area contributed by atoms with Gasteiger partial charge in [-0.25, -0.2) is 0 Å². The van der Waals surface area contributed by atoms with Gasteiger partial charge in [0.15, 0.2) is 11.5 Å². The van der Waals surface area contributed by atoms with Crippen molar-refractivity contribution in [2.24, 2.45) is 0 Å². The summed E-state index contributed by atoms with van der Waals surface area (Å²) in [5.74, 6) is 1.63. The van der Waals surface area contributed by atoms with Crippen molar-refractivity contribution in [2.45, 2.75) is 20.4 Å². The zero-order chi connectivity index (χ0) is 17.1. The molecule has 1 aliphatic heterocycles. The number of piperazine rings is 1. The van der Waals surface area contributed by atoms with Gasteiger partial charge in [0.2, 0.25) is 0 Å². The Hall–Kier alpha value is -2.21. The fourth-order valence-electron chi connectivity index (χ4n) is 3.46. The van der Waals surface area contributed by atoms with Crippen LogP contribution in [-0.2, 0) is 6.54 Å². The van der Waals surface area contributed by atoms with Crippen LogP contribution < -0.4 is 14.4 Å². The first-order chi connectivity index (χ1) is 11.6. The van der Waals surface area contributed by atoms with E-state index in [0.29, 0.717) is 0 Å². The molecule has 6 heteroatoms. The number of methoxy groups -OCH3 is 2. The molecule has 130 valence electrons. The average molecular weight is 330 g/mol. The number of aromatic nitrogens is 2. The molecule has 0 saturated carbocycles. The molecule has 1 N–H and O–H groups in total. The van der Waals surface area contributed by atoms with Crippen LogP contribution in [0.25, 0.3) is 0 Å². The SMILES string of the molecule is COc1cccc(CN2CCN(c3c(C)n[nH]c3C)CC2)c1OC. The lowest BCUT2D eigenvalue weighted by molar-refractivity contribution is 0.244. The molecule has 0 unspecified atom stereocenters. The van der Waals surface area contributed by atoms with Crippen LogP contribution in [0.15, 0.2) is 18.2 Å². The minimum Gasteiger partial charge on any atom is -0.493 e. The highest BCUT2D eigenvalue weighted by atomic mass is 16.5. The maximum absolute atomic E-state index is 5.55. The molecule has 0 spiro atoms. The molecule has 0 amide bonds. The van der Waals surface area contributed by atoms with E-state index in [0.717, 1.165) is 55.6 Å². The molecular formula is C18H26N4O2. The number of rotatable bonds is 5. The number of nitrogens with zero attached hydrogens (tertiary/aromatic N) is 3. The standard InChI is InChI=1S/C18H26N4O2/c1-13-17(14(2)20-19-13)22-10-8-21(9-11-22)12-15-6-5-7-16(23-3)18(15)24-4/h5-7H,8-12H2,1-4H3,(H,19,20). The maximum atomic E-state index is 5.55. The van der Waals surface area contributed by atoms with E-state index in [4.69, 9.17) is 9.47 Å². The van der Waals surface area contributed by atoms with Crippen molar-refractivity contribution in [3.05, 3.63) is 35.2 Å². The Kier molecular flexibility index (Phi) is 4.94. The van der Waals surface area contributed by atoms with Gasteiger partial charge in [-0.2, -0.15) is 5.10 Å².